The molecule has 96 valence electrons. The number of nitrogens with one attached hydrogen (secondary N) is 1. The molecule has 0 atom stereocenters. The number of ether oxygens (including phenoxy) is 1. The Labute approximate surface area is 105 Å². The van der Waals surface area contributed by atoms with E-state index >= 15 is 0 Å². The molecule has 4 nitrogen and oxygen atoms in total. The van der Waals surface area contributed by atoms with Gasteiger partial charge in [-0.25, -0.2) is 9.37 Å². The Bertz CT molecular complexity index is 504. The van der Waals surface area contributed by atoms with Crippen molar-refractivity contribution in [3.8, 4) is 0 Å². The monoisotopic (exact) mass is 249 g/mol. The van der Waals surface area contributed by atoms with Crippen molar-refractivity contribution < 1.29 is 9.13 Å². The molecule has 1 heterocycles. The zero-order chi connectivity index (χ0) is 13.0. The van der Waals surface area contributed by atoms with Gasteiger partial charge in [-0.2, -0.15) is 0 Å². The SMILES string of the molecule is COCCn1ccnc1Nc1cc(C)cc(F)c1. The summed E-state index contributed by atoms with van der Waals surface area (Å²) in [4.78, 5) is 4.20. The van der Waals surface area contributed by atoms with Gasteiger partial charge in [-0.15, -0.1) is 0 Å². The molecule has 5 heteroatoms. The minimum absolute atomic E-state index is 0.257. The second-order valence-electron chi connectivity index (χ2n) is 4.08. The van der Waals surface area contributed by atoms with E-state index in [9.17, 15) is 4.39 Å². The summed E-state index contributed by atoms with van der Waals surface area (Å²) in [5.74, 6) is 0.421. The molecule has 2 rings (SSSR count). The highest BCUT2D eigenvalue weighted by atomic mass is 19.1. The molecule has 0 aliphatic heterocycles. The standard InChI is InChI=1S/C13H16FN3O/c1-10-7-11(14)9-12(8-10)16-13-15-3-4-17(13)5-6-18-2/h3-4,7-9H,5-6H2,1-2H3,(H,15,16). The van der Waals surface area contributed by atoms with Crippen molar-refractivity contribution in [3.05, 3.63) is 42.0 Å². The Morgan fingerprint density at radius 2 is 2.22 bits per heavy atom. The lowest BCUT2D eigenvalue weighted by atomic mass is 10.2. The van der Waals surface area contributed by atoms with E-state index in [1.54, 1.807) is 13.3 Å². The highest BCUT2D eigenvalue weighted by molar-refractivity contribution is 5.54. The van der Waals surface area contributed by atoms with Gasteiger partial charge < -0.3 is 14.6 Å². The van der Waals surface area contributed by atoms with Gasteiger partial charge in [0.15, 0.2) is 0 Å². The number of aromatic nitrogens is 2. The van der Waals surface area contributed by atoms with Crippen molar-refractivity contribution in [2.75, 3.05) is 19.0 Å². The van der Waals surface area contributed by atoms with Crippen LogP contribution in [0.2, 0.25) is 0 Å². The van der Waals surface area contributed by atoms with E-state index < -0.39 is 0 Å². The predicted octanol–water partition coefficient (Wildman–Crippen LogP) is 2.72. The number of hydrogen-bond acceptors (Lipinski definition) is 3. The molecule has 18 heavy (non-hydrogen) atoms. The summed E-state index contributed by atoms with van der Waals surface area (Å²) in [6.45, 7) is 3.16. The summed E-state index contributed by atoms with van der Waals surface area (Å²) in [7, 11) is 1.65. The molecule has 0 aliphatic rings. The van der Waals surface area contributed by atoms with Crippen molar-refractivity contribution in [3.63, 3.8) is 0 Å². The maximum absolute atomic E-state index is 13.3. The van der Waals surface area contributed by atoms with E-state index in [0.29, 0.717) is 24.8 Å². The Morgan fingerprint density at radius 3 is 2.94 bits per heavy atom. The quantitative estimate of drug-likeness (QED) is 0.885. The minimum Gasteiger partial charge on any atom is -0.383 e. The van der Waals surface area contributed by atoms with E-state index in [4.69, 9.17) is 4.74 Å². The maximum atomic E-state index is 13.3. The van der Waals surface area contributed by atoms with E-state index in [2.05, 4.69) is 10.3 Å². The van der Waals surface area contributed by atoms with Crippen molar-refractivity contribution in [2.45, 2.75) is 13.5 Å². The lowest BCUT2D eigenvalue weighted by Crippen LogP contribution is -2.07. The van der Waals surface area contributed by atoms with Crippen LogP contribution in [0, 0.1) is 12.7 Å². The van der Waals surface area contributed by atoms with Gasteiger partial charge in [0.05, 0.1) is 6.61 Å². The smallest absolute Gasteiger partial charge is 0.207 e. The number of rotatable bonds is 5. The number of hydrogen-bond donors (Lipinski definition) is 1. The van der Waals surface area contributed by atoms with Crippen LogP contribution in [-0.4, -0.2) is 23.3 Å². The second kappa shape index (κ2) is 5.64. The lowest BCUT2D eigenvalue weighted by Gasteiger charge is -2.10. The molecule has 0 fully saturated rings. The number of benzene rings is 1. The van der Waals surface area contributed by atoms with Gasteiger partial charge in [-0.05, 0) is 30.7 Å². The summed E-state index contributed by atoms with van der Waals surface area (Å²) >= 11 is 0. The molecule has 1 aromatic carbocycles. The van der Waals surface area contributed by atoms with Crippen molar-refractivity contribution in [1.82, 2.24) is 9.55 Å². The zero-order valence-corrected chi connectivity index (χ0v) is 10.5. The number of aryl methyl sites for hydroxylation is 1. The van der Waals surface area contributed by atoms with E-state index in [1.807, 2.05) is 23.8 Å². The normalized spacial score (nSPS) is 10.6. The molecule has 0 amide bonds. The maximum Gasteiger partial charge on any atom is 0.207 e. The second-order valence-corrected chi connectivity index (χ2v) is 4.08. The summed E-state index contributed by atoms with van der Waals surface area (Å²) in [5, 5.41) is 3.10. The number of anilines is 2. The Morgan fingerprint density at radius 1 is 1.39 bits per heavy atom. The molecule has 0 spiro atoms. The van der Waals surface area contributed by atoms with Crippen LogP contribution in [0.3, 0.4) is 0 Å². The summed E-state index contributed by atoms with van der Waals surface area (Å²) < 4.78 is 20.2. The van der Waals surface area contributed by atoms with E-state index in [0.717, 1.165) is 5.56 Å². The molecule has 0 saturated heterocycles. The van der Waals surface area contributed by atoms with Gasteiger partial charge in [0, 0.05) is 31.7 Å². The van der Waals surface area contributed by atoms with Gasteiger partial charge in [0.1, 0.15) is 5.82 Å². The largest absolute Gasteiger partial charge is 0.383 e. The first-order valence-electron chi connectivity index (χ1n) is 5.73. The fourth-order valence-corrected chi connectivity index (χ4v) is 1.74. The van der Waals surface area contributed by atoms with Crippen molar-refractivity contribution >= 4 is 11.6 Å². The highest BCUT2D eigenvalue weighted by Crippen LogP contribution is 2.18. The average Bonchev–Trinajstić information content (AvgIpc) is 2.72. The topological polar surface area (TPSA) is 39.1 Å². The van der Waals surface area contributed by atoms with E-state index in [-0.39, 0.29) is 5.82 Å². The minimum atomic E-state index is -0.257. The number of imidazole rings is 1. The van der Waals surface area contributed by atoms with Crippen molar-refractivity contribution in [1.29, 1.82) is 0 Å². The third-order valence-electron chi connectivity index (χ3n) is 2.55. The predicted molar refractivity (Wildman–Crippen MR) is 68.5 cm³/mol. The van der Waals surface area contributed by atoms with Crippen LogP contribution in [0.5, 0.6) is 0 Å². The summed E-state index contributed by atoms with van der Waals surface area (Å²) in [5.41, 5.74) is 1.56. The van der Waals surface area contributed by atoms with Gasteiger partial charge in [0.2, 0.25) is 5.95 Å². The first kappa shape index (κ1) is 12.6. The number of methoxy groups -OCH3 is 1. The van der Waals surface area contributed by atoms with Crippen LogP contribution in [-0.2, 0) is 11.3 Å². The van der Waals surface area contributed by atoms with Gasteiger partial charge >= 0.3 is 0 Å². The van der Waals surface area contributed by atoms with Crippen molar-refractivity contribution in [2.24, 2.45) is 0 Å². The summed E-state index contributed by atoms with van der Waals surface area (Å²) in [6.07, 6.45) is 3.55. The molecule has 0 unspecified atom stereocenters. The molecule has 0 saturated carbocycles. The molecular formula is C13H16FN3O. The van der Waals surface area contributed by atoms with Crippen LogP contribution < -0.4 is 5.32 Å². The Kier molecular flexibility index (Phi) is 3.94. The van der Waals surface area contributed by atoms with Crippen LogP contribution >= 0.6 is 0 Å². The van der Waals surface area contributed by atoms with Crippen LogP contribution in [0.1, 0.15) is 5.56 Å². The zero-order valence-electron chi connectivity index (χ0n) is 10.5. The van der Waals surface area contributed by atoms with Crippen LogP contribution in [0.4, 0.5) is 16.0 Å². The number of nitrogens with zero attached hydrogens (tertiary/aromatic N) is 2. The Balaban J connectivity index is 2.15. The molecular weight excluding hydrogens is 233 g/mol. The fourth-order valence-electron chi connectivity index (χ4n) is 1.74. The third-order valence-corrected chi connectivity index (χ3v) is 2.55. The first-order chi connectivity index (χ1) is 8.69. The molecule has 0 radical (unpaired) electrons. The molecule has 2 aromatic rings. The molecule has 0 bridgehead atoms. The molecule has 1 aromatic heterocycles. The number of halogens is 1. The fraction of sp³-hybridized carbons (Fsp3) is 0.308. The average molecular weight is 249 g/mol. The summed E-state index contributed by atoms with van der Waals surface area (Å²) in [6, 6.07) is 4.81. The third kappa shape index (κ3) is 3.07. The van der Waals surface area contributed by atoms with E-state index in [1.165, 1.54) is 12.1 Å². The lowest BCUT2D eigenvalue weighted by molar-refractivity contribution is 0.188. The van der Waals surface area contributed by atoms with Gasteiger partial charge in [-0.3, -0.25) is 0 Å². The highest BCUT2D eigenvalue weighted by Gasteiger charge is 2.04. The Hall–Kier alpha value is -1.88. The molecule has 0 aliphatic carbocycles. The van der Waals surface area contributed by atoms with Crippen LogP contribution in [0.25, 0.3) is 0 Å². The molecule has 1 N–H and O–H groups in total. The van der Waals surface area contributed by atoms with Gasteiger partial charge in [0.25, 0.3) is 0 Å². The van der Waals surface area contributed by atoms with Crippen LogP contribution in [0.15, 0.2) is 30.6 Å². The van der Waals surface area contributed by atoms with Gasteiger partial charge in [-0.1, -0.05) is 0 Å². The first-order valence-corrected chi connectivity index (χ1v) is 5.73.